The molecule has 0 unspecified atom stereocenters. The molecule has 2 aliphatic carbocycles. The summed E-state index contributed by atoms with van der Waals surface area (Å²) in [5.74, 6) is 1.10. The quantitative estimate of drug-likeness (QED) is 0.669. The van der Waals surface area contributed by atoms with E-state index in [0.29, 0.717) is 23.4 Å². The highest BCUT2D eigenvalue weighted by Crippen LogP contribution is 2.60. The van der Waals surface area contributed by atoms with E-state index in [2.05, 4.69) is 27.4 Å². The van der Waals surface area contributed by atoms with Crippen molar-refractivity contribution in [2.75, 3.05) is 6.61 Å². The summed E-state index contributed by atoms with van der Waals surface area (Å²) in [7, 11) is 0. The first-order valence-corrected chi connectivity index (χ1v) is 6.70. The second kappa shape index (κ2) is 3.87. The van der Waals surface area contributed by atoms with Crippen LogP contribution in [0.1, 0.15) is 52.9 Å². The molecule has 0 heterocycles. The first-order chi connectivity index (χ1) is 7.42. The van der Waals surface area contributed by atoms with Gasteiger partial charge in [0.05, 0.1) is 6.61 Å². The topological polar surface area (TPSA) is 20.2 Å². The number of rotatable bonds is 1. The molecule has 1 heteroatoms. The first-order valence-electron chi connectivity index (χ1n) is 6.70. The van der Waals surface area contributed by atoms with E-state index in [9.17, 15) is 5.11 Å². The maximum atomic E-state index is 9.67. The van der Waals surface area contributed by atoms with Crippen LogP contribution in [0.15, 0.2) is 12.2 Å². The Morgan fingerprint density at radius 1 is 1.31 bits per heavy atom. The molecule has 16 heavy (non-hydrogen) atoms. The fraction of sp³-hybridized carbons (Fsp3) is 0.867. The van der Waals surface area contributed by atoms with E-state index < -0.39 is 0 Å². The molecular weight excluding hydrogens is 196 g/mol. The standard InChI is InChI=1S/C15H26O/c1-11-6-7-13-14(2,3)8-5-9-15(13,4)12(11)10-16/h12-13,16H,1,5-10H2,2-4H3/t12-,13+,15-/m1/s1. The minimum absolute atomic E-state index is 0.294. The molecule has 2 fully saturated rings. The molecule has 0 amide bonds. The Hall–Kier alpha value is -0.300. The highest BCUT2D eigenvalue weighted by atomic mass is 16.3. The summed E-state index contributed by atoms with van der Waals surface area (Å²) in [5, 5.41) is 9.67. The Bertz CT molecular complexity index is 292. The molecule has 2 rings (SSSR count). The summed E-state index contributed by atoms with van der Waals surface area (Å²) >= 11 is 0. The van der Waals surface area contributed by atoms with Gasteiger partial charge in [-0.25, -0.2) is 0 Å². The van der Waals surface area contributed by atoms with Crippen LogP contribution in [0.25, 0.3) is 0 Å². The smallest absolute Gasteiger partial charge is 0.0501 e. The molecule has 1 nitrogen and oxygen atoms in total. The van der Waals surface area contributed by atoms with Gasteiger partial charge in [0.1, 0.15) is 0 Å². The zero-order chi connectivity index (χ0) is 12.0. The Kier molecular flexibility index (Phi) is 2.94. The van der Waals surface area contributed by atoms with Crippen molar-refractivity contribution in [2.24, 2.45) is 22.7 Å². The van der Waals surface area contributed by atoms with Gasteiger partial charge >= 0.3 is 0 Å². The molecule has 0 bridgehead atoms. The van der Waals surface area contributed by atoms with Gasteiger partial charge in [-0.15, -0.1) is 0 Å². The minimum Gasteiger partial charge on any atom is -0.396 e. The normalized spacial score (nSPS) is 42.9. The van der Waals surface area contributed by atoms with Crippen LogP contribution < -0.4 is 0 Å². The third-order valence-corrected chi connectivity index (χ3v) is 5.50. The minimum atomic E-state index is 0.294. The summed E-state index contributed by atoms with van der Waals surface area (Å²) < 4.78 is 0. The van der Waals surface area contributed by atoms with E-state index >= 15 is 0 Å². The molecule has 0 aromatic heterocycles. The fourth-order valence-electron chi connectivity index (χ4n) is 4.61. The summed E-state index contributed by atoms with van der Waals surface area (Å²) in [5.41, 5.74) is 2.03. The molecule has 0 aromatic carbocycles. The molecular formula is C15H26O. The highest BCUT2D eigenvalue weighted by molar-refractivity contribution is 5.15. The highest BCUT2D eigenvalue weighted by Gasteiger charge is 2.52. The van der Waals surface area contributed by atoms with Crippen LogP contribution in [-0.4, -0.2) is 11.7 Å². The summed E-state index contributed by atoms with van der Waals surface area (Å²) in [4.78, 5) is 0. The number of fused-ring (bicyclic) bond motifs is 1. The van der Waals surface area contributed by atoms with Crippen LogP contribution in [0.3, 0.4) is 0 Å². The maximum absolute atomic E-state index is 9.67. The van der Waals surface area contributed by atoms with Crippen LogP contribution >= 0.6 is 0 Å². The lowest BCUT2D eigenvalue weighted by Crippen LogP contribution is -2.50. The maximum Gasteiger partial charge on any atom is 0.0501 e. The van der Waals surface area contributed by atoms with Crippen molar-refractivity contribution in [2.45, 2.75) is 52.9 Å². The second-order valence-corrected chi connectivity index (χ2v) is 6.83. The molecule has 0 saturated heterocycles. The lowest BCUT2D eigenvalue weighted by molar-refractivity contribution is -0.0651. The molecule has 2 aliphatic rings. The van der Waals surface area contributed by atoms with E-state index in [4.69, 9.17) is 0 Å². The fourth-order valence-corrected chi connectivity index (χ4v) is 4.61. The van der Waals surface area contributed by atoms with E-state index in [-0.39, 0.29) is 0 Å². The number of hydrogen-bond acceptors (Lipinski definition) is 1. The van der Waals surface area contributed by atoms with Crippen LogP contribution in [0.4, 0.5) is 0 Å². The van der Waals surface area contributed by atoms with Gasteiger partial charge in [-0.05, 0) is 42.4 Å². The van der Waals surface area contributed by atoms with Crippen LogP contribution in [0.2, 0.25) is 0 Å². The van der Waals surface area contributed by atoms with E-state index in [0.717, 1.165) is 12.3 Å². The monoisotopic (exact) mass is 222 g/mol. The molecule has 1 N–H and O–H groups in total. The van der Waals surface area contributed by atoms with E-state index in [1.54, 1.807) is 0 Å². The predicted molar refractivity (Wildman–Crippen MR) is 68.2 cm³/mol. The van der Waals surface area contributed by atoms with E-state index in [1.165, 1.54) is 31.3 Å². The number of aliphatic hydroxyl groups is 1. The van der Waals surface area contributed by atoms with Crippen LogP contribution in [-0.2, 0) is 0 Å². The van der Waals surface area contributed by atoms with Crippen molar-refractivity contribution in [3.8, 4) is 0 Å². The van der Waals surface area contributed by atoms with Crippen molar-refractivity contribution in [3.05, 3.63) is 12.2 Å². The Morgan fingerprint density at radius 3 is 2.62 bits per heavy atom. The lowest BCUT2D eigenvalue weighted by atomic mass is 9.48. The summed E-state index contributed by atoms with van der Waals surface area (Å²) in [6.45, 7) is 11.7. The van der Waals surface area contributed by atoms with Gasteiger partial charge in [0.2, 0.25) is 0 Å². The van der Waals surface area contributed by atoms with Gasteiger partial charge in [0.15, 0.2) is 0 Å². The lowest BCUT2D eigenvalue weighted by Gasteiger charge is -2.57. The Labute approximate surface area is 99.9 Å². The van der Waals surface area contributed by atoms with Gasteiger partial charge in [0, 0.05) is 5.92 Å². The van der Waals surface area contributed by atoms with Crippen molar-refractivity contribution in [1.29, 1.82) is 0 Å². The van der Waals surface area contributed by atoms with Gasteiger partial charge < -0.3 is 5.11 Å². The second-order valence-electron chi connectivity index (χ2n) is 6.83. The Morgan fingerprint density at radius 2 is 2.00 bits per heavy atom. The molecule has 0 spiro atoms. The van der Waals surface area contributed by atoms with Gasteiger partial charge in [0.25, 0.3) is 0 Å². The van der Waals surface area contributed by atoms with Crippen LogP contribution in [0.5, 0.6) is 0 Å². The third kappa shape index (κ3) is 1.64. The molecule has 0 radical (unpaired) electrons. The van der Waals surface area contributed by atoms with Crippen molar-refractivity contribution in [1.82, 2.24) is 0 Å². The Balaban J connectivity index is 2.34. The van der Waals surface area contributed by atoms with Crippen molar-refractivity contribution >= 4 is 0 Å². The van der Waals surface area contributed by atoms with Gasteiger partial charge in [-0.3, -0.25) is 0 Å². The molecule has 3 atom stereocenters. The molecule has 92 valence electrons. The summed E-state index contributed by atoms with van der Waals surface area (Å²) in [6, 6.07) is 0. The molecule has 0 aromatic rings. The van der Waals surface area contributed by atoms with E-state index in [1.807, 2.05) is 0 Å². The number of hydrogen-bond donors (Lipinski definition) is 1. The molecule has 0 aliphatic heterocycles. The van der Waals surface area contributed by atoms with Crippen LogP contribution in [0, 0.1) is 22.7 Å². The zero-order valence-electron chi connectivity index (χ0n) is 11.1. The zero-order valence-corrected chi connectivity index (χ0v) is 11.1. The van der Waals surface area contributed by atoms with Gasteiger partial charge in [-0.2, -0.15) is 0 Å². The van der Waals surface area contributed by atoms with Crippen molar-refractivity contribution < 1.29 is 5.11 Å². The SMILES string of the molecule is C=C1CC[C@H]2C(C)(C)CCC[C@]2(C)[C@@H]1CO. The van der Waals surface area contributed by atoms with Gasteiger partial charge in [-0.1, -0.05) is 39.3 Å². The van der Waals surface area contributed by atoms with Crippen molar-refractivity contribution in [3.63, 3.8) is 0 Å². The average Bonchev–Trinajstić information content (AvgIpc) is 2.15. The number of aliphatic hydroxyl groups excluding tert-OH is 1. The third-order valence-electron chi connectivity index (χ3n) is 5.50. The predicted octanol–water partition coefficient (Wildman–Crippen LogP) is 3.78. The largest absolute Gasteiger partial charge is 0.396 e. The molecule has 2 saturated carbocycles. The summed E-state index contributed by atoms with van der Waals surface area (Å²) in [6.07, 6.45) is 6.32. The average molecular weight is 222 g/mol. The first kappa shape index (κ1) is 12.2.